The molecule has 0 aliphatic heterocycles. The number of carbonyl (C=O) groups excluding carboxylic acids is 1. The summed E-state index contributed by atoms with van der Waals surface area (Å²) < 4.78 is 0. The van der Waals surface area contributed by atoms with Gasteiger partial charge in [-0.1, -0.05) is 0 Å². The fourth-order valence-electron chi connectivity index (χ4n) is 0. The number of nitrogens with one attached hydrogen (secondary N) is 1. The van der Waals surface area contributed by atoms with Crippen LogP contribution >= 0.6 is 12.4 Å². The first kappa shape index (κ1) is 9.66. The van der Waals surface area contributed by atoms with Gasteiger partial charge in [-0.2, -0.15) is 0 Å². The van der Waals surface area contributed by atoms with Crippen molar-refractivity contribution < 1.29 is 4.79 Å². The van der Waals surface area contributed by atoms with E-state index in [9.17, 15) is 4.79 Å². The van der Waals surface area contributed by atoms with Gasteiger partial charge in [0, 0.05) is 0 Å². The van der Waals surface area contributed by atoms with Crippen molar-refractivity contribution in [2.75, 3.05) is 0 Å². The van der Waals surface area contributed by atoms with E-state index in [-0.39, 0.29) is 18.1 Å². The van der Waals surface area contributed by atoms with Crippen LogP contribution in [0.3, 0.4) is 0 Å². The summed E-state index contributed by atoms with van der Waals surface area (Å²) in [6.45, 7) is 1.35. The average molecular weight is 123 g/mol. The Bertz CT molecular complexity index is 78.9. The molecule has 0 fully saturated rings. The van der Waals surface area contributed by atoms with E-state index >= 15 is 0 Å². The summed E-state index contributed by atoms with van der Waals surface area (Å²) in [7, 11) is 0. The minimum atomic E-state index is -0.657. The summed E-state index contributed by atoms with van der Waals surface area (Å²) in [6.07, 6.45) is 0. The molecule has 1 amide bonds. The van der Waals surface area contributed by atoms with Crippen LogP contribution in [-0.4, -0.2) is 11.6 Å². The summed E-state index contributed by atoms with van der Waals surface area (Å²) in [5.41, 5.74) is 4.47. The Morgan fingerprint density at radius 3 is 1.86 bits per heavy atom. The highest BCUT2D eigenvalue weighted by Crippen LogP contribution is 1.59. The Kier molecular flexibility index (Phi) is 4.99. The van der Waals surface area contributed by atoms with Crippen LogP contribution in [-0.2, 0) is 4.79 Å². The van der Waals surface area contributed by atoms with E-state index in [0.717, 1.165) is 0 Å². The number of hydrogen-bond acceptors (Lipinski definition) is 2. The predicted molar refractivity (Wildman–Crippen MR) is 29.8 cm³/mol. The monoisotopic (exact) mass is 122 g/mol. The van der Waals surface area contributed by atoms with E-state index in [1.807, 2.05) is 0 Å². The quantitative estimate of drug-likeness (QED) is 0.470. The lowest BCUT2D eigenvalue weighted by Gasteiger charge is -1.79. The molecule has 0 aromatic carbocycles. The van der Waals surface area contributed by atoms with Gasteiger partial charge in [-0.15, -0.1) is 12.4 Å². The summed E-state index contributed by atoms with van der Waals surface area (Å²) >= 11 is 0. The molecule has 0 heterocycles. The molecule has 0 rings (SSSR count). The number of nitrogens with two attached hydrogens (primary N) is 1. The molecule has 0 aliphatic rings. The zero-order valence-corrected chi connectivity index (χ0v) is 4.71. The molecule has 0 spiro atoms. The first-order valence-corrected chi connectivity index (χ1v) is 1.49. The Balaban J connectivity index is 0. The first-order chi connectivity index (χ1) is 2.64. The normalized spacial score (nSPS) is 6.43. The van der Waals surface area contributed by atoms with E-state index in [1.165, 1.54) is 6.92 Å². The molecule has 0 aliphatic carbocycles. The zero-order chi connectivity index (χ0) is 5.15. The van der Waals surface area contributed by atoms with Crippen molar-refractivity contribution in [3.63, 3.8) is 0 Å². The van der Waals surface area contributed by atoms with Gasteiger partial charge in [0.1, 0.15) is 0 Å². The van der Waals surface area contributed by atoms with Crippen LogP contribution < -0.4 is 5.73 Å². The largest absolute Gasteiger partial charge is 0.365 e. The molecule has 3 N–H and O–H groups in total. The molecule has 0 unspecified atom stereocenters. The van der Waals surface area contributed by atoms with E-state index < -0.39 is 5.91 Å². The van der Waals surface area contributed by atoms with Crippen molar-refractivity contribution in [3.05, 3.63) is 0 Å². The van der Waals surface area contributed by atoms with Gasteiger partial charge in [-0.05, 0) is 6.92 Å². The third kappa shape index (κ3) is 5.43. The topological polar surface area (TPSA) is 66.9 Å². The molecule has 0 aromatic heterocycles. The van der Waals surface area contributed by atoms with Gasteiger partial charge < -0.3 is 5.73 Å². The second-order valence-electron chi connectivity index (χ2n) is 0.989. The maximum atomic E-state index is 9.70. The molecule has 0 aromatic rings. The standard InChI is InChI=1S/C3H6N2O.ClH/c1-2(4)3(5)6;/h4H,1H3,(H2,5,6);1H. The van der Waals surface area contributed by atoms with Crippen LogP contribution in [0, 0.1) is 5.41 Å². The van der Waals surface area contributed by atoms with Gasteiger partial charge in [0.05, 0.1) is 5.71 Å². The Morgan fingerprint density at radius 2 is 1.86 bits per heavy atom. The van der Waals surface area contributed by atoms with Crippen LogP contribution in [0.15, 0.2) is 0 Å². The van der Waals surface area contributed by atoms with Crippen molar-refractivity contribution in [2.45, 2.75) is 6.92 Å². The lowest BCUT2D eigenvalue weighted by atomic mass is 10.4. The van der Waals surface area contributed by atoms with Crippen molar-refractivity contribution in [3.8, 4) is 0 Å². The van der Waals surface area contributed by atoms with Crippen molar-refractivity contribution in [1.82, 2.24) is 0 Å². The maximum Gasteiger partial charge on any atom is 0.262 e. The molecule has 0 radical (unpaired) electrons. The Morgan fingerprint density at radius 1 is 1.71 bits per heavy atom. The van der Waals surface area contributed by atoms with E-state index in [4.69, 9.17) is 5.41 Å². The molecule has 0 atom stereocenters. The number of carbonyl (C=O) groups is 1. The van der Waals surface area contributed by atoms with Gasteiger partial charge in [0.2, 0.25) is 0 Å². The molecule has 0 saturated heterocycles. The van der Waals surface area contributed by atoms with E-state index in [0.29, 0.717) is 0 Å². The average Bonchev–Trinajstić information content (AvgIpc) is 1.36. The van der Waals surface area contributed by atoms with Gasteiger partial charge in [-0.25, -0.2) is 0 Å². The molecule has 0 bridgehead atoms. The van der Waals surface area contributed by atoms with Crippen LogP contribution in [0.4, 0.5) is 0 Å². The molecular weight excluding hydrogens is 115 g/mol. The molecule has 4 heteroatoms. The number of primary amides is 1. The lowest BCUT2D eigenvalue weighted by molar-refractivity contribution is -0.112. The van der Waals surface area contributed by atoms with Gasteiger partial charge in [0.25, 0.3) is 5.91 Å². The molecular formula is C3H7ClN2O. The fraction of sp³-hybridized carbons (Fsp3) is 0.333. The fourth-order valence-corrected chi connectivity index (χ4v) is 0. The number of hydrogen-bond donors (Lipinski definition) is 2. The van der Waals surface area contributed by atoms with Crippen molar-refractivity contribution >= 4 is 24.0 Å². The highest BCUT2D eigenvalue weighted by atomic mass is 35.5. The van der Waals surface area contributed by atoms with Crippen LogP contribution in [0.5, 0.6) is 0 Å². The third-order valence-electron chi connectivity index (χ3n) is 0.370. The minimum absolute atomic E-state index is 0. The smallest absolute Gasteiger partial charge is 0.262 e. The van der Waals surface area contributed by atoms with Crippen LogP contribution in [0.25, 0.3) is 0 Å². The van der Waals surface area contributed by atoms with E-state index in [1.54, 1.807) is 0 Å². The predicted octanol–water partition coefficient (Wildman–Crippen LogP) is -0.0668. The van der Waals surface area contributed by atoms with Crippen molar-refractivity contribution in [2.24, 2.45) is 5.73 Å². The second kappa shape index (κ2) is 3.61. The highest BCUT2D eigenvalue weighted by molar-refractivity contribution is 6.35. The van der Waals surface area contributed by atoms with Gasteiger partial charge in [-0.3, -0.25) is 10.2 Å². The second-order valence-corrected chi connectivity index (χ2v) is 0.989. The number of halogens is 1. The summed E-state index contributed by atoms with van der Waals surface area (Å²) in [5, 5.41) is 6.47. The Labute approximate surface area is 47.8 Å². The van der Waals surface area contributed by atoms with Crippen LogP contribution in [0.1, 0.15) is 6.92 Å². The molecule has 3 nitrogen and oxygen atoms in total. The zero-order valence-electron chi connectivity index (χ0n) is 3.89. The van der Waals surface area contributed by atoms with Crippen LogP contribution in [0.2, 0.25) is 0 Å². The highest BCUT2D eigenvalue weighted by Gasteiger charge is 1.89. The van der Waals surface area contributed by atoms with E-state index in [2.05, 4.69) is 5.73 Å². The lowest BCUT2D eigenvalue weighted by Crippen LogP contribution is -2.18. The summed E-state index contributed by atoms with van der Waals surface area (Å²) in [4.78, 5) is 9.70. The SMILES string of the molecule is CC(=N)C(N)=O.Cl. The first-order valence-electron chi connectivity index (χ1n) is 1.49. The molecule has 42 valence electrons. The summed E-state index contributed by atoms with van der Waals surface area (Å²) in [5.74, 6) is -0.657. The number of rotatable bonds is 1. The number of amides is 1. The third-order valence-corrected chi connectivity index (χ3v) is 0.370. The Hall–Kier alpha value is -0.570. The van der Waals surface area contributed by atoms with Crippen molar-refractivity contribution in [1.29, 1.82) is 5.41 Å². The maximum absolute atomic E-state index is 9.70. The van der Waals surface area contributed by atoms with Gasteiger partial charge in [0.15, 0.2) is 0 Å². The summed E-state index contributed by atoms with van der Waals surface area (Å²) in [6, 6.07) is 0. The minimum Gasteiger partial charge on any atom is -0.365 e. The molecule has 7 heavy (non-hydrogen) atoms. The van der Waals surface area contributed by atoms with Gasteiger partial charge >= 0.3 is 0 Å². The molecule has 0 saturated carbocycles.